The third kappa shape index (κ3) is 6.62. The van der Waals surface area contributed by atoms with Crippen molar-refractivity contribution in [3.63, 3.8) is 0 Å². The molecule has 2 rings (SSSR count). The van der Waals surface area contributed by atoms with Gasteiger partial charge in [0.15, 0.2) is 5.96 Å². The number of aromatic nitrogens is 1. The van der Waals surface area contributed by atoms with E-state index < -0.39 is 0 Å². The molecule has 6 heteroatoms. The molecule has 1 aliphatic rings. The van der Waals surface area contributed by atoms with Crippen LogP contribution < -0.4 is 10.6 Å². The van der Waals surface area contributed by atoms with Gasteiger partial charge in [0.2, 0.25) is 0 Å². The molecule has 0 amide bonds. The average Bonchev–Trinajstić information content (AvgIpc) is 3.03. The van der Waals surface area contributed by atoms with Gasteiger partial charge in [0.25, 0.3) is 0 Å². The Balaban J connectivity index is 1.66. The first-order valence-electron chi connectivity index (χ1n) is 8.56. The molecule has 6 nitrogen and oxygen atoms in total. The topological polar surface area (TPSA) is 53.8 Å². The van der Waals surface area contributed by atoms with Crippen molar-refractivity contribution in [1.29, 1.82) is 0 Å². The van der Waals surface area contributed by atoms with E-state index >= 15 is 0 Å². The Bertz CT molecular complexity index is 458. The highest BCUT2D eigenvalue weighted by atomic mass is 16.5. The first kappa shape index (κ1) is 17.8. The Morgan fingerprint density at radius 1 is 1.30 bits per heavy atom. The molecule has 1 atom stereocenters. The summed E-state index contributed by atoms with van der Waals surface area (Å²) < 4.78 is 8.00. The normalized spacial score (nSPS) is 20.0. The van der Waals surface area contributed by atoms with Gasteiger partial charge in [-0.25, -0.2) is 0 Å². The quantitative estimate of drug-likeness (QED) is 0.581. The van der Waals surface area contributed by atoms with Crippen LogP contribution in [0.2, 0.25) is 0 Å². The lowest BCUT2D eigenvalue weighted by molar-refractivity contribution is -0.0284. The van der Waals surface area contributed by atoms with Gasteiger partial charge < -0.3 is 19.9 Å². The SMILES string of the molecule is CN=C(NCCn1cccc1)NCC1CN(CC(C)C)CCO1. The van der Waals surface area contributed by atoms with Crippen molar-refractivity contribution in [3.05, 3.63) is 24.5 Å². The van der Waals surface area contributed by atoms with E-state index in [1.165, 1.54) is 0 Å². The standard InChI is InChI=1S/C17H31N5O/c1-15(2)13-22-10-11-23-16(14-22)12-20-17(18-3)19-6-9-21-7-4-5-8-21/h4-5,7-8,15-16H,6,9-14H2,1-3H3,(H2,18,19,20). The zero-order valence-corrected chi connectivity index (χ0v) is 14.7. The maximum absolute atomic E-state index is 5.86. The molecule has 0 bridgehead atoms. The van der Waals surface area contributed by atoms with Gasteiger partial charge in [0, 0.05) is 58.7 Å². The number of morpholine rings is 1. The first-order chi connectivity index (χ1) is 11.2. The lowest BCUT2D eigenvalue weighted by Gasteiger charge is -2.34. The molecule has 0 aliphatic carbocycles. The molecular formula is C17H31N5O. The van der Waals surface area contributed by atoms with E-state index in [1.807, 2.05) is 12.1 Å². The Morgan fingerprint density at radius 2 is 2.09 bits per heavy atom. The van der Waals surface area contributed by atoms with Crippen LogP contribution in [0.25, 0.3) is 0 Å². The molecule has 0 radical (unpaired) electrons. The zero-order chi connectivity index (χ0) is 16.5. The fourth-order valence-corrected chi connectivity index (χ4v) is 2.84. The highest BCUT2D eigenvalue weighted by Crippen LogP contribution is 2.07. The number of guanidine groups is 1. The smallest absolute Gasteiger partial charge is 0.191 e. The lowest BCUT2D eigenvalue weighted by atomic mass is 10.2. The number of rotatable bonds is 7. The Morgan fingerprint density at radius 3 is 2.78 bits per heavy atom. The molecule has 1 unspecified atom stereocenters. The minimum Gasteiger partial charge on any atom is -0.374 e. The highest BCUT2D eigenvalue weighted by molar-refractivity contribution is 5.79. The van der Waals surface area contributed by atoms with E-state index in [2.05, 4.69) is 51.3 Å². The maximum Gasteiger partial charge on any atom is 0.191 e. The molecule has 0 saturated carbocycles. The molecule has 1 aromatic rings. The molecule has 0 aromatic carbocycles. The van der Waals surface area contributed by atoms with Crippen molar-refractivity contribution in [3.8, 4) is 0 Å². The molecule has 23 heavy (non-hydrogen) atoms. The van der Waals surface area contributed by atoms with Gasteiger partial charge in [-0.05, 0) is 18.1 Å². The van der Waals surface area contributed by atoms with Crippen LogP contribution in [0.1, 0.15) is 13.8 Å². The monoisotopic (exact) mass is 321 g/mol. The molecule has 1 aliphatic heterocycles. The average molecular weight is 321 g/mol. The fourth-order valence-electron chi connectivity index (χ4n) is 2.84. The van der Waals surface area contributed by atoms with E-state index in [0.29, 0.717) is 5.92 Å². The molecule has 2 N–H and O–H groups in total. The van der Waals surface area contributed by atoms with Crippen LogP contribution in [0.4, 0.5) is 0 Å². The van der Waals surface area contributed by atoms with Crippen molar-refractivity contribution in [2.75, 3.05) is 46.4 Å². The second-order valence-electron chi connectivity index (χ2n) is 6.45. The predicted octanol–water partition coefficient (Wildman–Crippen LogP) is 1.01. The number of aliphatic imine (C=N–C) groups is 1. The third-order valence-corrected chi connectivity index (χ3v) is 3.90. The van der Waals surface area contributed by atoms with Crippen molar-refractivity contribution in [2.45, 2.75) is 26.5 Å². The number of nitrogens with one attached hydrogen (secondary N) is 2. The van der Waals surface area contributed by atoms with Crippen LogP contribution in [-0.2, 0) is 11.3 Å². The Hall–Kier alpha value is -1.53. The first-order valence-corrected chi connectivity index (χ1v) is 8.56. The Kier molecular flexibility index (Phi) is 7.42. The van der Waals surface area contributed by atoms with Gasteiger partial charge in [-0.2, -0.15) is 0 Å². The van der Waals surface area contributed by atoms with E-state index in [9.17, 15) is 0 Å². The summed E-state index contributed by atoms with van der Waals surface area (Å²) in [6, 6.07) is 4.08. The van der Waals surface area contributed by atoms with Crippen molar-refractivity contribution >= 4 is 5.96 Å². The third-order valence-electron chi connectivity index (χ3n) is 3.90. The number of nitrogens with zero attached hydrogens (tertiary/aromatic N) is 3. The number of hydrogen-bond donors (Lipinski definition) is 2. The summed E-state index contributed by atoms with van der Waals surface area (Å²) in [6.45, 7) is 11.1. The zero-order valence-electron chi connectivity index (χ0n) is 14.7. The summed E-state index contributed by atoms with van der Waals surface area (Å²) in [5.74, 6) is 1.53. The minimum atomic E-state index is 0.227. The van der Waals surface area contributed by atoms with Crippen molar-refractivity contribution < 1.29 is 4.74 Å². The van der Waals surface area contributed by atoms with Gasteiger partial charge in [0.05, 0.1) is 12.7 Å². The van der Waals surface area contributed by atoms with Crippen LogP contribution in [0.3, 0.4) is 0 Å². The second kappa shape index (κ2) is 9.57. The number of hydrogen-bond acceptors (Lipinski definition) is 3. The summed E-state index contributed by atoms with van der Waals surface area (Å²) in [5.41, 5.74) is 0. The second-order valence-corrected chi connectivity index (χ2v) is 6.45. The Labute approximate surface area is 139 Å². The van der Waals surface area contributed by atoms with Crippen LogP contribution in [0, 0.1) is 5.92 Å². The number of ether oxygens (including phenoxy) is 1. The molecule has 0 spiro atoms. The van der Waals surface area contributed by atoms with Gasteiger partial charge in [0.1, 0.15) is 0 Å². The summed E-state index contributed by atoms with van der Waals surface area (Å²) >= 11 is 0. The summed E-state index contributed by atoms with van der Waals surface area (Å²) in [6.07, 6.45) is 4.36. The fraction of sp³-hybridized carbons (Fsp3) is 0.706. The predicted molar refractivity (Wildman–Crippen MR) is 94.8 cm³/mol. The van der Waals surface area contributed by atoms with Crippen molar-refractivity contribution in [2.24, 2.45) is 10.9 Å². The van der Waals surface area contributed by atoms with E-state index in [1.54, 1.807) is 7.05 Å². The largest absolute Gasteiger partial charge is 0.374 e. The van der Waals surface area contributed by atoms with Gasteiger partial charge in [-0.15, -0.1) is 0 Å². The summed E-state index contributed by atoms with van der Waals surface area (Å²) in [7, 11) is 1.80. The molecule has 1 aromatic heterocycles. The van der Waals surface area contributed by atoms with Crippen molar-refractivity contribution in [1.82, 2.24) is 20.1 Å². The molecule has 1 fully saturated rings. The molecular weight excluding hydrogens is 290 g/mol. The van der Waals surface area contributed by atoms with Crippen LogP contribution in [0.15, 0.2) is 29.5 Å². The molecule has 1 saturated heterocycles. The minimum absolute atomic E-state index is 0.227. The maximum atomic E-state index is 5.86. The van der Waals surface area contributed by atoms with Gasteiger partial charge in [-0.3, -0.25) is 9.89 Å². The summed E-state index contributed by atoms with van der Waals surface area (Å²) in [4.78, 5) is 6.76. The van der Waals surface area contributed by atoms with Crippen LogP contribution in [-0.4, -0.2) is 67.9 Å². The summed E-state index contributed by atoms with van der Waals surface area (Å²) in [5, 5.41) is 6.71. The van der Waals surface area contributed by atoms with Gasteiger partial charge in [-0.1, -0.05) is 13.8 Å². The van der Waals surface area contributed by atoms with Crippen LogP contribution in [0.5, 0.6) is 0 Å². The molecule has 2 heterocycles. The molecule has 130 valence electrons. The lowest BCUT2D eigenvalue weighted by Crippen LogP contribution is -2.50. The van der Waals surface area contributed by atoms with E-state index in [4.69, 9.17) is 4.74 Å². The van der Waals surface area contributed by atoms with Gasteiger partial charge >= 0.3 is 0 Å². The highest BCUT2D eigenvalue weighted by Gasteiger charge is 2.20. The van der Waals surface area contributed by atoms with E-state index in [-0.39, 0.29) is 6.10 Å². The van der Waals surface area contributed by atoms with Crippen LogP contribution >= 0.6 is 0 Å². The van der Waals surface area contributed by atoms with E-state index in [0.717, 1.165) is 51.8 Å².